The molecule has 0 bridgehead atoms. The van der Waals surface area contributed by atoms with Gasteiger partial charge in [-0.3, -0.25) is 10.1 Å². The van der Waals surface area contributed by atoms with Crippen molar-refractivity contribution in [2.45, 2.75) is 4.90 Å². The van der Waals surface area contributed by atoms with Crippen LogP contribution in [0.3, 0.4) is 0 Å². The lowest BCUT2D eigenvalue weighted by Crippen LogP contribution is -2.06. The molecule has 0 saturated heterocycles. The van der Waals surface area contributed by atoms with Gasteiger partial charge < -0.3 is 11.1 Å². The van der Waals surface area contributed by atoms with Crippen molar-refractivity contribution in [3.8, 4) is 0 Å². The highest BCUT2D eigenvalue weighted by atomic mass is 32.2. The van der Waals surface area contributed by atoms with Crippen LogP contribution in [-0.4, -0.2) is 22.2 Å². The van der Waals surface area contributed by atoms with Gasteiger partial charge in [0.25, 0.3) is 5.69 Å². The maximum Gasteiger partial charge on any atom is 0.293 e. The van der Waals surface area contributed by atoms with Crippen LogP contribution in [0.4, 0.5) is 11.4 Å². The molecular formula is C10H14N4O3S. The zero-order chi connectivity index (χ0) is 13.5. The molecule has 1 aromatic rings. The third-order valence-corrected chi connectivity index (χ3v) is 2.83. The molecule has 7 nitrogen and oxygen atoms in total. The second-order valence-corrected chi connectivity index (χ2v) is 4.39. The highest BCUT2D eigenvalue weighted by Gasteiger charge is 2.15. The summed E-state index contributed by atoms with van der Waals surface area (Å²) in [5, 5.41) is 18.9. The number of benzene rings is 1. The van der Waals surface area contributed by atoms with Crippen LogP contribution in [0.2, 0.25) is 0 Å². The zero-order valence-electron chi connectivity index (χ0n) is 9.54. The van der Waals surface area contributed by atoms with Crippen LogP contribution >= 0.6 is 0 Å². The number of anilines is 1. The van der Waals surface area contributed by atoms with Crippen LogP contribution in [0.15, 0.2) is 35.2 Å². The molecule has 0 heterocycles. The third kappa shape index (κ3) is 3.91. The number of nitrogens with zero attached hydrogens (tertiary/aromatic N) is 1. The van der Waals surface area contributed by atoms with Crippen molar-refractivity contribution in [1.82, 2.24) is 0 Å². The predicted octanol–water partition coefficient (Wildman–Crippen LogP) is 0.503. The average Bonchev–Trinajstić information content (AvgIpc) is 2.34. The Balaban J connectivity index is 2.93. The summed E-state index contributed by atoms with van der Waals surface area (Å²) in [4.78, 5) is 10.5. The summed E-state index contributed by atoms with van der Waals surface area (Å²) in [5.41, 5.74) is 5.45. The van der Waals surface area contributed by atoms with Crippen molar-refractivity contribution in [3.05, 3.63) is 40.5 Å². The molecule has 0 fully saturated rings. The molecule has 0 radical (unpaired) electrons. The average molecular weight is 270 g/mol. The smallest absolute Gasteiger partial charge is 0.293 e. The fourth-order valence-electron chi connectivity index (χ4n) is 1.29. The summed E-state index contributed by atoms with van der Waals surface area (Å²) >= 11 is 0. The molecule has 0 saturated carbocycles. The topological polar surface area (TPSA) is 124 Å². The van der Waals surface area contributed by atoms with Gasteiger partial charge >= 0.3 is 0 Å². The molecule has 5 N–H and O–H groups in total. The van der Waals surface area contributed by atoms with E-state index in [0.29, 0.717) is 18.8 Å². The van der Waals surface area contributed by atoms with Crippen LogP contribution in [-0.2, 0) is 11.0 Å². The minimum absolute atomic E-state index is 0.160. The van der Waals surface area contributed by atoms with E-state index in [1.165, 1.54) is 18.2 Å². The lowest BCUT2D eigenvalue weighted by Gasteiger charge is -2.05. The highest BCUT2D eigenvalue weighted by molar-refractivity contribution is 7.82. The summed E-state index contributed by atoms with van der Waals surface area (Å²) in [6, 6.07) is 4.16. The van der Waals surface area contributed by atoms with Gasteiger partial charge in [-0.15, -0.1) is 0 Å². The number of nitro benzene ring substituents is 1. The van der Waals surface area contributed by atoms with E-state index in [1.807, 2.05) is 0 Å². The van der Waals surface area contributed by atoms with Crippen LogP contribution in [0.25, 0.3) is 0 Å². The van der Waals surface area contributed by atoms with Gasteiger partial charge in [-0.2, -0.15) is 0 Å². The molecule has 0 aromatic heterocycles. The fourth-order valence-corrected chi connectivity index (χ4v) is 1.72. The molecule has 98 valence electrons. The summed E-state index contributed by atoms with van der Waals surface area (Å²) in [6.07, 6.45) is 3.50. The van der Waals surface area contributed by atoms with E-state index in [4.69, 9.17) is 10.9 Å². The lowest BCUT2D eigenvalue weighted by molar-refractivity contribution is -0.384. The molecular weight excluding hydrogens is 256 g/mol. The quantitative estimate of drug-likeness (QED) is 0.394. The number of nitro groups is 1. The first-order chi connectivity index (χ1) is 8.56. The summed E-state index contributed by atoms with van der Waals surface area (Å²) in [7, 11) is -1.74. The van der Waals surface area contributed by atoms with E-state index in [-0.39, 0.29) is 10.6 Å². The Morgan fingerprint density at radius 3 is 2.72 bits per heavy atom. The first-order valence-electron chi connectivity index (χ1n) is 5.09. The minimum atomic E-state index is -1.74. The Hall–Kier alpha value is -1.77. The summed E-state index contributed by atoms with van der Waals surface area (Å²) in [5.74, 6) is 0. The van der Waals surface area contributed by atoms with Crippen LogP contribution in [0.5, 0.6) is 0 Å². The van der Waals surface area contributed by atoms with Gasteiger partial charge in [0.15, 0.2) is 0 Å². The fraction of sp³-hybridized carbons (Fsp3) is 0.200. The van der Waals surface area contributed by atoms with Crippen LogP contribution in [0.1, 0.15) is 0 Å². The normalized spacial score (nSPS) is 12.6. The number of hydrogen-bond donors (Lipinski definition) is 3. The van der Waals surface area contributed by atoms with Gasteiger partial charge in [-0.25, -0.2) is 9.35 Å². The Morgan fingerprint density at radius 1 is 1.44 bits per heavy atom. The minimum Gasteiger partial charge on any atom is -0.376 e. The van der Waals surface area contributed by atoms with Crippen molar-refractivity contribution in [2.75, 3.05) is 18.4 Å². The zero-order valence-corrected chi connectivity index (χ0v) is 10.4. The number of rotatable bonds is 6. The summed E-state index contributed by atoms with van der Waals surface area (Å²) in [6.45, 7) is 0.831. The first-order valence-corrected chi connectivity index (χ1v) is 6.31. The molecule has 0 spiro atoms. The molecule has 8 heteroatoms. The lowest BCUT2D eigenvalue weighted by atomic mass is 10.2. The van der Waals surface area contributed by atoms with E-state index < -0.39 is 15.9 Å². The van der Waals surface area contributed by atoms with Gasteiger partial charge in [0.2, 0.25) is 0 Å². The number of nitrogens with two attached hydrogens (primary N) is 2. The molecule has 1 atom stereocenters. The van der Waals surface area contributed by atoms with Gasteiger partial charge in [0.05, 0.1) is 9.82 Å². The highest BCUT2D eigenvalue weighted by Crippen LogP contribution is 2.26. The largest absolute Gasteiger partial charge is 0.376 e. The molecule has 0 aliphatic carbocycles. The number of hydrogen-bond acceptors (Lipinski definition) is 5. The molecule has 1 unspecified atom stereocenters. The van der Waals surface area contributed by atoms with Crippen molar-refractivity contribution in [1.29, 1.82) is 0 Å². The van der Waals surface area contributed by atoms with Gasteiger partial charge in [0.1, 0.15) is 16.7 Å². The monoisotopic (exact) mass is 270 g/mol. The van der Waals surface area contributed by atoms with E-state index in [2.05, 4.69) is 5.32 Å². The second kappa shape index (κ2) is 6.84. The van der Waals surface area contributed by atoms with E-state index >= 15 is 0 Å². The Kier molecular flexibility index (Phi) is 5.43. The molecule has 0 aliphatic rings. The third-order valence-electron chi connectivity index (χ3n) is 2.11. The summed E-state index contributed by atoms with van der Waals surface area (Å²) < 4.78 is 11.1. The Labute approximate surface area is 107 Å². The first kappa shape index (κ1) is 14.3. The molecule has 1 rings (SSSR count). The standard InChI is InChI=1S/C10H14N4O3S/c11-5-1-2-6-13-9-4-3-8(18(12)17)7-10(9)14(15)16/h1-4,7,13H,5-6,11-12H2/b2-1+. The van der Waals surface area contributed by atoms with Crippen molar-refractivity contribution >= 4 is 22.4 Å². The molecule has 0 aliphatic heterocycles. The van der Waals surface area contributed by atoms with Crippen LogP contribution < -0.4 is 16.2 Å². The Morgan fingerprint density at radius 2 is 2.17 bits per heavy atom. The van der Waals surface area contributed by atoms with E-state index in [1.54, 1.807) is 12.2 Å². The molecule has 0 amide bonds. The SMILES string of the molecule is NC/C=C/CNc1ccc(S(N)=O)cc1[N+](=O)[O-]. The maximum atomic E-state index is 11.1. The second-order valence-electron chi connectivity index (χ2n) is 3.32. The van der Waals surface area contributed by atoms with Gasteiger partial charge in [0, 0.05) is 19.2 Å². The van der Waals surface area contributed by atoms with Gasteiger partial charge in [-0.1, -0.05) is 12.2 Å². The molecule has 18 heavy (non-hydrogen) atoms. The van der Waals surface area contributed by atoms with Crippen molar-refractivity contribution < 1.29 is 9.13 Å². The maximum absolute atomic E-state index is 11.1. The van der Waals surface area contributed by atoms with Gasteiger partial charge in [-0.05, 0) is 12.1 Å². The van der Waals surface area contributed by atoms with Crippen molar-refractivity contribution in [3.63, 3.8) is 0 Å². The predicted molar refractivity (Wildman–Crippen MR) is 70.4 cm³/mol. The van der Waals surface area contributed by atoms with E-state index in [0.717, 1.165) is 0 Å². The van der Waals surface area contributed by atoms with Crippen molar-refractivity contribution in [2.24, 2.45) is 10.9 Å². The Bertz CT molecular complexity index is 490. The van der Waals surface area contributed by atoms with E-state index in [9.17, 15) is 14.3 Å². The number of nitrogens with one attached hydrogen (secondary N) is 1. The van der Waals surface area contributed by atoms with Crippen LogP contribution in [0, 0.1) is 10.1 Å². The molecule has 1 aromatic carbocycles.